The average Bonchev–Trinajstić information content (AvgIpc) is 3.30. The van der Waals surface area contributed by atoms with Gasteiger partial charge in [-0.1, -0.05) is 36.0 Å². The summed E-state index contributed by atoms with van der Waals surface area (Å²) in [5.41, 5.74) is 1.06. The minimum Gasteiger partial charge on any atom is -0.305 e. The molecular weight excluding hydrogens is 503 g/mol. The van der Waals surface area contributed by atoms with Crippen molar-refractivity contribution in [3.8, 4) is 0 Å². The molecule has 10 heteroatoms. The maximum Gasteiger partial charge on any atom is 0.251 e. The molecule has 2 saturated heterocycles. The fourth-order valence-electron chi connectivity index (χ4n) is 4.46. The molecule has 2 aliphatic rings. The Balaban J connectivity index is 1.11. The minimum absolute atomic E-state index is 0.145. The van der Waals surface area contributed by atoms with Crippen molar-refractivity contribution in [3.05, 3.63) is 58.6 Å². The van der Waals surface area contributed by atoms with Crippen LogP contribution >= 0.6 is 23.2 Å². The lowest BCUT2D eigenvalue weighted by Crippen LogP contribution is -2.39. The fourth-order valence-corrected chi connectivity index (χ4v) is 4.71. The van der Waals surface area contributed by atoms with E-state index < -0.39 is 12.1 Å². The van der Waals surface area contributed by atoms with Gasteiger partial charge in [0.25, 0.3) is 11.8 Å². The quantitative estimate of drug-likeness (QED) is 0.339. The molecule has 8 nitrogen and oxygen atoms in total. The van der Waals surface area contributed by atoms with Crippen LogP contribution in [0.2, 0.25) is 10.0 Å². The molecule has 2 heterocycles. The lowest BCUT2D eigenvalue weighted by atomic mass is 10.1. The average molecular weight is 531 g/mol. The van der Waals surface area contributed by atoms with Crippen LogP contribution in [0.25, 0.3) is 0 Å². The zero-order chi connectivity index (χ0) is 25.7. The normalized spacial score (nSPS) is 20.2. The molecule has 0 saturated carbocycles. The number of imide groups is 2. The zero-order valence-electron chi connectivity index (χ0n) is 19.7. The number of benzene rings is 2. The van der Waals surface area contributed by atoms with E-state index in [1.807, 2.05) is 0 Å². The van der Waals surface area contributed by atoms with Crippen molar-refractivity contribution >= 4 is 58.2 Å². The number of amides is 4. The van der Waals surface area contributed by atoms with Gasteiger partial charge in [0.1, 0.15) is 0 Å². The summed E-state index contributed by atoms with van der Waals surface area (Å²) in [5.74, 6) is -0.925. The largest absolute Gasteiger partial charge is 0.305 e. The van der Waals surface area contributed by atoms with E-state index in [0.717, 1.165) is 25.7 Å². The van der Waals surface area contributed by atoms with Crippen molar-refractivity contribution in [3.63, 3.8) is 0 Å². The van der Waals surface area contributed by atoms with E-state index in [0.29, 0.717) is 34.5 Å². The number of anilines is 2. The molecule has 0 unspecified atom stereocenters. The summed E-state index contributed by atoms with van der Waals surface area (Å²) in [4.78, 5) is 52.4. The molecular formula is C26H28Cl2N4O4. The Kier molecular flexibility index (Phi) is 8.74. The van der Waals surface area contributed by atoms with Crippen molar-refractivity contribution in [2.24, 2.45) is 0 Å². The molecule has 2 fully saturated rings. The predicted octanol–water partition coefficient (Wildman–Crippen LogP) is 3.70. The van der Waals surface area contributed by atoms with Crippen LogP contribution in [0.4, 0.5) is 11.4 Å². The van der Waals surface area contributed by atoms with Crippen molar-refractivity contribution in [1.29, 1.82) is 0 Å². The Morgan fingerprint density at radius 1 is 0.611 bits per heavy atom. The van der Waals surface area contributed by atoms with E-state index in [2.05, 4.69) is 10.6 Å². The van der Waals surface area contributed by atoms with Gasteiger partial charge in [-0.25, -0.2) is 9.80 Å². The van der Waals surface area contributed by atoms with Crippen LogP contribution in [-0.2, 0) is 19.2 Å². The number of halogens is 2. The van der Waals surface area contributed by atoms with Gasteiger partial charge in [-0.05, 0) is 74.5 Å². The Bertz CT molecular complexity index is 1030. The number of carbonyl (C=O) groups excluding carboxylic acids is 4. The van der Waals surface area contributed by atoms with Crippen LogP contribution in [0.15, 0.2) is 48.5 Å². The molecule has 4 amide bonds. The Morgan fingerprint density at radius 3 is 1.33 bits per heavy atom. The summed E-state index contributed by atoms with van der Waals surface area (Å²) in [6.45, 7) is 1.27. The highest BCUT2D eigenvalue weighted by Gasteiger charge is 2.40. The van der Waals surface area contributed by atoms with E-state index in [1.165, 1.54) is 9.80 Å². The molecule has 0 bridgehead atoms. The SMILES string of the molecule is O=C1C[C@H](NCCCCCCN[C@H]2CC(=O)N(c3ccc(Cl)cc3)C2=O)C(=O)N1c1ccc(Cl)cc1. The Labute approximate surface area is 219 Å². The molecule has 190 valence electrons. The van der Waals surface area contributed by atoms with Gasteiger partial charge in [0.05, 0.1) is 36.3 Å². The van der Waals surface area contributed by atoms with E-state index in [4.69, 9.17) is 23.2 Å². The summed E-state index contributed by atoms with van der Waals surface area (Å²) in [6, 6.07) is 12.3. The second-order valence-electron chi connectivity index (χ2n) is 8.92. The van der Waals surface area contributed by atoms with Crippen molar-refractivity contribution in [2.75, 3.05) is 22.9 Å². The maximum absolute atomic E-state index is 12.7. The second kappa shape index (κ2) is 12.0. The number of hydrogen-bond acceptors (Lipinski definition) is 6. The number of hydrogen-bond donors (Lipinski definition) is 2. The molecule has 2 aliphatic heterocycles. The molecule has 0 radical (unpaired) electrons. The lowest BCUT2D eigenvalue weighted by molar-refractivity contribution is -0.123. The van der Waals surface area contributed by atoms with E-state index >= 15 is 0 Å². The molecule has 0 aromatic heterocycles. The van der Waals surface area contributed by atoms with Gasteiger partial charge in [-0.15, -0.1) is 0 Å². The third kappa shape index (κ3) is 6.13. The summed E-state index contributed by atoms with van der Waals surface area (Å²) >= 11 is 11.8. The third-order valence-corrected chi connectivity index (χ3v) is 6.85. The maximum atomic E-state index is 12.7. The van der Waals surface area contributed by atoms with Crippen LogP contribution in [0.3, 0.4) is 0 Å². The summed E-state index contributed by atoms with van der Waals surface area (Å²) < 4.78 is 0. The molecule has 2 N–H and O–H groups in total. The fraction of sp³-hybridized carbons (Fsp3) is 0.385. The highest BCUT2D eigenvalue weighted by Crippen LogP contribution is 2.25. The van der Waals surface area contributed by atoms with Crippen LogP contribution in [-0.4, -0.2) is 48.8 Å². The number of nitrogens with one attached hydrogen (secondary N) is 2. The first-order valence-corrected chi connectivity index (χ1v) is 12.8. The minimum atomic E-state index is -0.510. The first-order chi connectivity index (χ1) is 17.3. The van der Waals surface area contributed by atoms with E-state index in [-0.39, 0.29) is 36.5 Å². The smallest absolute Gasteiger partial charge is 0.251 e. The standard InChI is InChI=1S/C26H28Cl2N4O4/c27-17-5-9-19(10-6-17)31-23(33)15-21(25(31)35)29-13-3-1-2-4-14-30-22-16-24(34)32(26(22)36)20-11-7-18(28)8-12-20/h5-12,21-22,29-30H,1-4,13-16H2/t21-,22-/m0/s1. The van der Waals surface area contributed by atoms with Gasteiger partial charge in [0.15, 0.2) is 0 Å². The number of rotatable bonds is 11. The molecule has 2 aromatic carbocycles. The van der Waals surface area contributed by atoms with Gasteiger partial charge >= 0.3 is 0 Å². The summed E-state index contributed by atoms with van der Waals surface area (Å²) in [5, 5.41) is 7.48. The van der Waals surface area contributed by atoms with E-state index in [9.17, 15) is 19.2 Å². The Hall–Kier alpha value is -2.78. The third-order valence-electron chi connectivity index (χ3n) is 6.35. The van der Waals surface area contributed by atoms with Crippen LogP contribution in [0.1, 0.15) is 38.5 Å². The van der Waals surface area contributed by atoms with Crippen LogP contribution < -0.4 is 20.4 Å². The zero-order valence-corrected chi connectivity index (χ0v) is 21.2. The summed E-state index contributed by atoms with van der Waals surface area (Å²) in [7, 11) is 0. The highest BCUT2D eigenvalue weighted by atomic mass is 35.5. The lowest BCUT2D eigenvalue weighted by Gasteiger charge is -2.16. The molecule has 36 heavy (non-hydrogen) atoms. The Morgan fingerprint density at radius 2 is 0.972 bits per heavy atom. The summed E-state index contributed by atoms with van der Waals surface area (Å²) in [6.07, 6.45) is 3.91. The van der Waals surface area contributed by atoms with Gasteiger partial charge in [-0.2, -0.15) is 0 Å². The molecule has 0 aliphatic carbocycles. The highest BCUT2D eigenvalue weighted by molar-refractivity contribution is 6.31. The molecule has 2 atom stereocenters. The van der Waals surface area contributed by atoms with Gasteiger partial charge in [0.2, 0.25) is 11.8 Å². The number of carbonyl (C=O) groups is 4. The predicted molar refractivity (Wildman–Crippen MR) is 139 cm³/mol. The molecule has 4 rings (SSSR count). The van der Waals surface area contributed by atoms with E-state index in [1.54, 1.807) is 48.5 Å². The topological polar surface area (TPSA) is 98.8 Å². The van der Waals surface area contributed by atoms with Crippen LogP contribution in [0, 0.1) is 0 Å². The second-order valence-corrected chi connectivity index (χ2v) is 9.80. The van der Waals surface area contributed by atoms with Gasteiger partial charge in [-0.3, -0.25) is 19.2 Å². The first kappa shape index (κ1) is 26.3. The molecule has 0 spiro atoms. The van der Waals surface area contributed by atoms with Crippen LogP contribution in [0.5, 0.6) is 0 Å². The van der Waals surface area contributed by atoms with Crippen molar-refractivity contribution in [2.45, 2.75) is 50.6 Å². The number of nitrogens with zero attached hydrogens (tertiary/aromatic N) is 2. The molecule has 2 aromatic rings. The monoisotopic (exact) mass is 530 g/mol. The number of unbranched alkanes of at least 4 members (excludes halogenated alkanes) is 3. The first-order valence-electron chi connectivity index (χ1n) is 12.1. The van der Waals surface area contributed by atoms with Gasteiger partial charge < -0.3 is 10.6 Å². The van der Waals surface area contributed by atoms with Gasteiger partial charge in [0, 0.05) is 10.0 Å². The van der Waals surface area contributed by atoms with Crippen molar-refractivity contribution in [1.82, 2.24) is 10.6 Å². The van der Waals surface area contributed by atoms with Crippen molar-refractivity contribution < 1.29 is 19.2 Å².